The minimum absolute atomic E-state index is 0.183. The first-order valence-electron chi connectivity index (χ1n) is 12.6. The van der Waals surface area contributed by atoms with Crippen LogP contribution in [0, 0.1) is 11.6 Å². The molecule has 0 bridgehead atoms. The van der Waals surface area contributed by atoms with E-state index in [-0.39, 0.29) is 16.7 Å². The van der Waals surface area contributed by atoms with Crippen LogP contribution in [-0.4, -0.2) is 41.7 Å². The first-order chi connectivity index (χ1) is 18.0. The van der Waals surface area contributed by atoms with Crippen LogP contribution in [0.1, 0.15) is 55.2 Å². The number of nitrogens with zero attached hydrogens (tertiary/aromatic N) is 1. The molecule has 2 atom stereocenters. The molecule has 0 unspecified atom stereocenters. The average molecular weight is 522 g/mol. The Kier molecular flexibility index (Phi) is 8.23. The van der Waals surface area contributed by atoms with Crippen LogP contribution in [0.15, 0.2) is 65.7 Å². The Labute approximate surface area is 221 Å². The fourth-order valence-electron chi connectivity index (χ4n) is 4.46. The van der Waals surface area contributed by atoms with E-state index in [4.69, 9.17) is 4.74 Å². The second-order valence-corrected chi connectivity index (χ2v) is 10.4. The van der Waals surface area contributed by atoms with Gasteiger partial charge in [-0.15, -0.1) is 0 Å². The van der Waals surface area contributed by atoms with Crippen LogP contribution in [0.25, 0.3) is 11.1 Å². The van der Waals surface area contributed by atoms with E-state index < -0.39 is 29.7 Å². The van der Waals surface area contributed by atoms with Crippen molar-refractivity contribution < 1.29 is 23.4 Å². The standard InChI is InChI=1S/C30H33F2N3O3/c1-18(33-13-14-38-30(2,3)4)34-21-11-9-20-16-27(36)28(24(20)17-21)35-29(37)23-12-10-19(15-26(23)32)22-7-5-6-8-25(22)31/h5-12,15,17,27-28,36H,13-14,16H2,1-4H3,(H,33,34)(H,35,37)/t27-,28-/m1/s1. The highest BCUT2D eigenvalue weighted by atomic mass is 19.1. The Hall–Kier alpha value is -3.62. The van der Waals surface area contributed by atoms with Crippen molar-refractivity contribution in [2.75, 3.05) is 13.2 Å². The molecule has 0 saturated carbocycles. The van der Waals surface area contributed by atoms with Gasteiger partial charge in [0.1, 0.15) is 11.6 Å². The predicted octanol–water partition coefficient (Wildman–Crippen LogP) is 5.47. The molecule has 0 aliphatic heterocycles. The van der Waals surface area contributed by atoms with Crippen molar-refractivity contribution in [3.8, 4) is 11.1 Å². The fraction of sp³-hybridized carbons (Fsp3) is 0.333. The smallest absolute Gasteiger partial charge is 0.254 e. The number of halogens is 2. The summed E-state index contributed by atoms with van der Waals surface area (Å²) in [7, 11) is 0. The normalized spacial score (nSPS) is 17.3. The Balaban J connectivity index is 1.47. The predicted molar refractivity (Wildman–Crippen MR) is 145 cm³/mol. The van der Waals surface area contributed by atoms with Crippen LogP contribution in [-0.2, 0) is 11.2 Å². The van der Waals surface area contributed by atoms with E-state index in [9.17, 15) is 18.7 Å². The number of nitrogens with one attached hydrogen (secondary N) is 2. The zero-order valence-corrected chi connectivity index (χ0v) is 22.0. The lowest BCUT2D eigenvalue weighted by Gasteiger charge is -2.19. The molecule has 1 aliphatic carbocycles. The lowest BCUT2D eigenvalue weighted by molar-refractivity contribution is 0.000544. The lowest BCUT2D eigenvalue weighted by atomic mass is 10.0. The van der Waals surface area contributed by atoms with Gasteiger partial charge in [-0.3, -0.25) is 4.79 Å². The number of hydrogen-bond donors (Lipinski definition) is 3. The molecular formula is C30H33F2N3O3. The second kappa shape index (κ2) is 11.4. The van der Waals surface area contributed by atoms with Gasteiger partial charge < -0.3 is 20.5 Å². The summed E-state index contributed by atoms with van der Waals surface area (Å²) in [6.45, 7) is 8.99. The lowest BCUT2D eigenvalue weighted by Crippen LogP contribution is -2.34. The zero-order chi connectivity index (χ0) is 27.4. The maximum absolute atomic E-state index is 14.9. The molecule has 4 rings (SSSR count). The number of aliphatic imine (C=N–C) groups is 1. The van der Waals surface area contributed by atoms with Gasteiger partial charge in [-0.2, -0.15) is 0 Å². The first-order valence-corrected chi connectivity index (χ1v) is 12.6. The van der Waals surface area contributed by atoms with Gasteiger partial charge in [0.2, 0.25) is 0 Å². The number of aliphatic hydroxyl groups is 1. The second-order valence-electron chi connectivity index (χ2n) is 10.4. The van der Waals surface area contributed by atoms with Crippen molar-refractivity contribution in [2.24, 2.45) is 4.99 Å². The number of carbonyl (C=O) groups excluding carboxylic acids is 1. The summed E-state index contributed by atoms with van der Waals surface area (Å²) in [6.07, 6.45) is -0.497. The van der Waals surface area contributed by atoms with Gasteiger partial charge in [-0.05, 0) is 74.7 Å². The minimum atomic E-state index is -0.859. The SMILES string of the molecule is C/C(=N\c1ccc2c(c1)[C@@H](NC(=O)c1ccc(-c3ccccc3F)cc1F)[C@H](O)C2)NCCOC(C)(C)C. The molecule has 0 saturated heterocycles. The van der Waals surface area contributed by atoms with Gasteiger partial charge in [-0.1, -0.05) is 30.3 Å². The van der Waals surface area contributed by atoms with Gasteiger partial charge in [0.15, 0.2) is 0 Å². The van der Waals surface area contributed by atoms with Crippen molar-refractivity contribution >= 4 is 17.4 Å². The van der Waals surface area contributed by atoms with Gasteiger partial charge in [-0.25, -0.2) is 13.8 Å². The third kappa shape index (κ3) is 6.62. The molecule has 3 aromatic carbocycles. The number of hydrogen-bond acceptors (Lipinski definition) is 4. The van der Waals surface area contributed by atoms with Gasteiger partial charge >= 0.3 is 0 Å². The third-order valence-corrected chi connectivity index (χ3v) is 6.28. The maximum Gasteiger partial charge on any atom is 0.254 e. The Morgan fingerprint density at radius 1 is 1.08 bits per heavy atom. The molecular weight excluding hydrogens is 488 g/mol. The van der Waals surface area contributed by atoms with Gasteiger partial charge in [0.05, 0.1) is 41.4 Å². The summed E-state index contributed by atoms with van der Waals surface area (Å²) >= 11 is 0. The summed E-state index contributed by atoms with van der Waals surface area (Å²) < 4.78 is 34.7. The molecule has 0 radical (unpaired) electrons. The highest BCUT2D eigenvalue weighted by Gasteiger charge is 2.33. The molecule has 1 aliphatic rings. The summed E-state index contributed by atoms with van der Waals surface area (Å²) in [4.78, 5) is 17.6. The van der Waals surface area contributed by atoms with Crippen molar-refractivity contribution in [1.82, 2.24) is 10.6 Å². The summed E-state index contributed by atoms with van der Waals surface area (Å²) in [5.41, 5.74) is 2.48. The van der Waals surface area contributed by atoms with Crippen molar-refractivity contribution in [3.05, 3.63) is 89.0 Å². The van der Waals surface area contributed by atoms with Crippen LogP contribution >= 0.6 is 0 Å². The number of fused-ring (bicyclic) bond motifs is 1. The quantitative estimate of drug-likeness (QED) is 0.219. The zero-order valence-electron chi connectivity index (χ0n) is 22.0. The molecule has 0 aromatic heterocycles. The van der Waals surface area contributed by atoms with E-state index in [1.54, 1.807) is 18.2 Å². The van der Waals surface area contributed by atoms with Crippen LogP contribution in [0.2, 0.25) is 0 Å². The number of amides is 1. The van der Waals surface area contributed by atoms with E-state index in [0.29, 0.717) is 36.7 Å². The van der Waals surface area contributed by atoms with Crippen LogP contribution in [0.4, 0.5) is 14.5 Å². The van der Waals surface area contributed by atoms with E-state index >= 15 is 0 Å². The number of ether oxygens (including phenoxy) is 1. The highest BCUT2D eigenvalue weighted by molar-refractivity contribution is 5.95. The summed E-state index contributed by atoms with van der Waals surface area (Å²) in [5, 5.41) is 16.6. The van der Waals surface area contributed by atoms with Gasteiger partial charge in [0.25, 0.3) is 5.91 Å². The largest absolute Gasteiger partial charge is 0.390 e. The molecule has 0 spiro atoms. The number of rotatable bonds is 7. The summed E-state index contributed by atoms with van der Waals surface area (Å²) in [6, 6.07) is 14.9. The molecule has 0 heterocycles. The Morgan fingerprint density at radius 2 is 1.84 bits per heavy atom. The van der Waals surface area contributed by atoms with Crippen molar-refractivity contribution in [1.29, 1.82) is 0 Å². The number of amidine groups is 1. The topological polar surface area (TPSA) is 83.0 Å². The van der Waals surface area contributed by atoms with Crippen LogP contribution in [0.3, 0.4) is 0 Å². The van der Waals surface area contributed by atoms with E-state index in [0.717, 1.165) is 17.2 Å². The van der Waals surface area contributed by atoms with Crippen molar-refractivity contribution in [2.45, 2.75) is 51.9 Å². The molecule has 8 heteroatoms. The monoisotopic (exact) mass is 521 g/mol. The molecule has 200 valence electrons. The minimum Gasteiger partial charge on any atom is -0.390 e. The average Bonchev–Trinajstić information content (AvgIpc) is 3.15. The molecule has 1 amide bonds. The maximum atomic E-state index is 14.9. The first kappa shape index (κ1) is 27.4. The Bertz CT molecular complexity index is 1350. The summed E-state index contributed by atoms with van der Waals surface area (Å²) in [5.74, 6) is -1.20. The number of carbonyl (C=O) groups is 1. The fourth-order valence-corrected chi connectivity index (χ4v) is 4.46. The molecule has 3 aromatic rings. The van der Waals surface area contributed by atoms with Gasteiger partial charge in [0, 0.05) is 18.5 Å². The van der Waals surface area contributed by atoms with E-state index in [1.807, 2.05) is 45.9 Å². The van der Waals surface area contributed by atoms with E-state index in [2.05, 4.69) is 15.6 Å². The van der Waals surface area contributed by atoms with Crippen LogP contribution in [0.5, 0.6) is 0 Å². The number of aliphatic hydroxyl groups excluding tert-OH is 1. The molecule has 3 N–H and O–H groups in total. The molecule has 0 fully saturated rings. The third-order valence-electron chi connectivity index (χ3n) is 6.28. The molecule has 38 heavy (non-hydrogen) atoms. The van der Waals surface area contributed by atoms with Crippen molar-refractivity contribution in [3.63, 3.8) is 0 Å². The molecule has 6 nitrogen and oxygen atoms in total. The van der Waals surface area contributed by atoms with Crippen LogP contribution < -0.4 is 10.6 Å². The van der Waals surface area contributed by atoms with E-state index in [1.165, 1.54) is 18.2 Å². The Morgan fingerprint density at radius 3 is 2.55 bits per heavy atom. The number of benzene rings is 3. The highest BCUT2D eigenvalue weighted by Crippen LogP contribution is 2.35.